The molecule has 0 bridgehead atoms. The fourth-order valence-electron chi connectivity index (χ4n) is 0.720. The van der Waals surface area contributed by atoms with Gasteiger partial charge in [-0.25, -0.2) is 0 Å². The first-order chi connectivity index (χ1) is 7.62. The van der Waals surface area contributed by atoms with Crippen LogP contribution in [0.5, 0.6) is 0 Å². The van der Waals surface area contributed by atoms with Gasteiger partial charge in [-0.1, -0.05) is 6.92 Å². The molecule has 0 aliphatic rings. The minimum Gasteiger partial charge on any atom is -0.394 e. The molecule has 16 heavy (non-hydrogen) atoms. The molecule has 0 spiro atoms. The Morgan fingerprint density at radius 1 is 0.938 bits per heavy atom. The van der Waals surface area contributed by atoms with Crippen molar-refractivity contribution in [2.24, 2.45) is 0 Å². The van der Waals surface area contributed by atoms with Gasteiger partial charge in [-0.05, 0) is 20.3 Å². The van der Waals surface area contributed by atoms with Gasteiger partial charge in [0.05, 0.1) is 38.6 Å². The van der Waals surface area contributed by atoms with E-state index in [0.29, 0.717) is 6.61 Å². The van der Waals surface area contributed by atoms with Crippen LogP contribution in [-0.4, -0.2) is 60.6 Å². The van der Waals surface area contributed by atoms with Crippen LogP contribution in [-0.2, 0) is 9.47 Å². The summed E-state index contributed by atoms with van der Waals surface area (Å²) in [7, 11) is 0. The summed E-state index contributed by atoms with van der Waals surface area (Å²) in [4.78, 5) is 0. The molecule has 0 aliphatic carbocycles. The maximum atomic E-state index is 8.66. The van der Waals surface area contributed by atoms with E-state index in [1.807, 2.05) is 13.8 Å². The molecule has 5 nitrogen and oxygen atoms in total. The average Bonchev–Trinajstić information content (AvgIpc) is 2.33. The first-order valence-electron chi connectivity index (χ1n) is 5.68. The van der Waals surface area contributed by atoms with Gasteiger partial charge in [0.1, 0.15) is 0 Å². The third-order valence-corrected chi connectivity index (χ3v) is 1.58. The quantitative estimate of drug-likeness (QED) is 0.562. The second-order valence-electron chi connectivity index (χ2n) is 3.46. The summed E-state index contributed by atoms with van der Waals surface area (Å²) >= 11 is 0. The molecule has 0 heterocycles. The molecule has 0 saturated carbocycles. The highest BCUT2D eigenvalue weighted by atomic mass is 16.5. The van der Waals surface area contributed by atoms with E-state index in [1.54, 1.807) is 0 Å². The molecule has 0 rings (SSSR count). The Morgan fingerprint density at radius 2 is 1.50 bits per heavy atom. The van der Waals surface area contributed by atoms with Crippen LogP contribution >= 0.6 is 0 Å². The summed E-state index contributed by atoms with van der Waals surface area (Å²) in [6.45, 7) is 7.04. The number of hydrogen-bond acceptors (Lipinski definition) is 5. The molecule has 0 aliphatic heterocycles. The lowest BCUT2D eigenvalue weighted by Crippen LogP contribution is -2.22. The molecular formula is C11H26O5. The van der Waals surface area contributed by atoms with Gasteiger partial charge in [0.2, 0.25) is 0 Å². The van der Waals surface area contributed by atoms with Crippen LogP contribution < -0.4 is 0 Å². The normalized spacial score (nSPS) is 13.9. The second-order valence-corrected chi connectivity index (χ2v) is 3.46. The molecule has 100 valence electrons. The standard InChI is InChI=1S/C9H20O3.C2H6O2/c1-4-5-11-9(3)7-12-8(2)6-10;3-1-2-4/h8-10H,4-7H2,1-3H3;3-4H,1-2H2. The summed E-state index contributed by atoms with van der Waals surface area (Å²) in [5.74, 6) is 0. The average molecular weight is 238 g/mol. The van der Waals surface area contributed by atoms with Crippen LogP contribution in [0.4, 0.5) is 0 Å². The van der Waals surface area contributed by atoms with Crippen molar-refractivity contribution in [3.63, 3.8) is 0 Å². The Labute approximate surface area is 98.0 Å². The monoisotopic (exact) mass is 238 g/mol. The van der Waals surface area contributed by atoms with Crippen molar-refractivity contribution in [2.45, 2.75) is 39.4 Å². The minimum atomic E-state index is -0.125. The van der Waals surface area contributed by atoms with Gasteiger partial charge in [0.25, 0.3) is 0 Å². The van der Waals surface area contributed by atoms with Gasteiger partial charge in [-0.2, -0.15) is 0 Å². The Hall–Kier alpha value is -0.200. The Morgan fingerprint density at radius 3 is 1.88 bits per heavy atom. The molecule has 0 aromatic carbocycles. The zero-order valence-corrected chi connectivity index (χ0v) is 10.6. The smallest absolute Gasteiger partial charge is 0.0780 e. The van der Waals surface area contributed by atoms with Crippen LogP contribution in [0.25, 0.3) is 0 Å². The van der Waals surface area contributed by atoms with Crippen LogP contribution in [0.15, 0.2) is 0 Å². The highest BCUT2D eigenvalue weighted by Gasteiger charge is 2.04. The van der Waals surface area contributed by atoms with E-state index in [-0.39, 0.29) is 32.0 Å². The molecule has 0 fully saturated rings. The third kappa shape index (κ3) is 16.2. The van der Waals surface area contributed by atoms with Crippen LogP contribution in [0.1, 0.15) is 27.2 Å². The van der Waals surface area contributed by atoms with E-state index in [9.17, 15) is 0 Å². The van der Waals surface area contributed by atoms with Crippen molar-refractivity contribution < 1.29 is 24.8 Å². The lowest BCUT2D eigenvalue weighted by atomic mass is 10.4. The lowest BCUT2D eigenvalue weighted by Gasteiger charge is -2.15. The molecule has 0 radical (unpaired) electrons. The molecule has 5 heteroatoms. The predicted octanol–water partition coefficient (Wildman–Crippen LogP) is 0.170. The van der Waals surface area contributed by atoms with Crippen molar-refractivity contribution in [3.8, 4) is 0 Å². The topological polar surface area (TPSA) is 79.2 Å². The Kier molecular flexibility index (Phi) is 16.8. The van der Waals surface area contributed by atoms with Crippen molar-refractivity contribution in [3.05, 3.63) is 0 Å². The van der Waals surface area contributed by atoms with Gasteiger partial charge in [0.15, 0.2) is 0 Å². The van der Waals surface area contributed by atoms with E-state index in [2.05, 4.69) is 6.92 Å². The van der Waals surface area contributed by atoms with Gasteiger partial charge in [0, 0.05) is 6.61 Å². The number of hydrogen-bond donors (Lipinski definition) is 3. The number of rotatable bonds is 8. The van der Waals surface area contributed by atoms with Gasteiger partial charge in [-0.3, -0.25) is 0 Å². The molecule has 2 unspecified atom stereocenters. The summed E-state index contributed by atoms with van der Waals surface area (Å²) < 4.78 is 10.7. The molecule has 0 aromatic heterocycles. The van der Waals surface area contributed by atoms with Crippen molar-refractivity contribution in [1.82, 2.24) is 0 Å². The highest BCUT2D eigenvalue weighted by molar-refractivity contribution is 4.50. The summed E-state index contributed by atoms with van der Waals surface area (Å²) in [6, 6.07) is 0. The lowest BCUT2D eigenvalue weighted by molar-refractivity contribution is -0.0451. The highest BCUT2D eigenvalue weighted by Crippen LogP contribution is 1.96. The Bertz CT molecular complexity index is 119. The van der Waals surface area contributed by atoms with Crippen LogP contribution in [0.2, 0.25) is 0 Å². The zero-order valence-electron chi connectivity index (χ0n) is 10.6. The van der Waals surface area contributed by atoms with Crippen molar-refractivity contribution in [1.29, 1.82) is 0 Å². The second kappa shape index (κ2) is 14.8. The van der Waals surface area contributed by atoms with E-state index < -0.39 is 0 Å². The number of aliphatic hydroxyl groups is 3. The van der Waals surface area contributed by atoms with E-state index in [0.717, 1.165) is 13.0 Å². The van der Waals surface area contributed by atoms with Gasteiger partial charge >= 0.3 is 0 Å². The fraction of sp³-hybridized carbons (Fsp3) is 1.00. The van der Waals surface area contributed by atoms with E-state index in [4.69, 9.17) is 24.8 Å². The molecule has 0 aromatic rings. The molecule has 0 amide bonds. The first kappa shape index (κ1) is 18.2. The summed E-state index contributed by atoms with van der Waals surface area (Å²) in [6.07, 6.45) is 1.07. The minimum absolute atomic E-state index is 0.0699. The molecule has 0 saturated heterocycles. The maximum absolute atomic E-state index is 8.66. The van der Waals surface area contributed by atoms with E-state index >= 15 is 0 Å². The molecular weight excluding hydrogens is 212 g/mol. The molecule has 3 N–H and O–H groups in total. The number of aliphatic hydroxyl groups excluding tert-OH is 3. The molecule has 2 atom stereocenters. The van der Waals surface area contributed by atoms with Gasteiger partial charge in [-0.15, -0.1) is 0 Å². The van der Waals surface area contributed by atoms with Crippen LogP contribution in [0.3, 0.4) is 0 Å². The first-order valence-corrected chi connectivity index (χ1v) is 5.68. The third-order valence-electron chi connectivity index (χ3n) is 1.58. The fourth-order valence-corrected chi connectivity index (χ4v) is 0.720. The van der Waals surface area contributed by atoms with Crippen LogP contribution in [0, 0.1) is 0 Å². The summed E-state index contributed by atoms with van der Waals surface area (Å²) in [5, 5.41) is 23.9. The maximum Gasteiger partial charge on any atom is 0.0780 e. The Balaban J connectivity index is 0. The van der Waals surface area contributed by atoms with Gasteiger partial charge < -0.3 is 24.8 Å². The van der Waals surface area contributed by atoms with E-state index in [1.165, 1.54) is 0 Å². The van der Waals surface area contributed by atoms with Crippen molar-refractivity contribution >= 4 is 0 Å². The summed E-state index contributed by atoms with van der Waals surface area (Å²) in [5.41, 5.74) is 0. The number of ether oxygens (including phenoxy) is 2. The SMILES string of the molecule is CCCOC(C)COC(C)CO.OCCO. The largest absolute Gasteiger partial charge is 0.394 e. The van der Waals surface area contributed by atoms with Crippen molar-refractivity contribution in [2.75, 3.05) is 33.0 Å². The predicted molar refractivity (Wildman–Crippen MR) is 62.4 cm³/mol. The zero-order chi connectivity index (χ0) is 12.8.